The van der Waals surface area contributed by atoms with E-state index >= 15 is 0 Å². The molecule has 0 aliphatic carbocycles. The fourth-order valence-electron chi connectivity index (χ4n) is 2.69. The maximum absolute atomic E-state index is 4.81. The van der Waals surface area contributed by atoms with Gasteiger partial charge in [-0.2, -0.15) is 0 Å². The average molecular weight is 320 g/mol. The lowest BCUT2D eigenvalue weighted by atomic mass is 10.00. The van der Waals surface area contributed by atoms with E-state index in [1.54, 1.807) is 0 Å². The van der Waals surface area contributed by atoms with Crippen molar-refractivity contribution in [3.05, 3.63) is 30.0 Å². The number of piperidine rings is 1. The van der Waals surface area contributed by atoms with Crippen LogP contribution in [0.1, 0.15) is 19.0 Å². The first-order valence-corrected chi connectivity index (χ1v) is 7.69. The van der Waals surface area contributed by atoms with Gasteiger partial charge in [-0.15, -0.1) is 0 Å². The number of fused-ring (bicyclic) bond motifs is 1. The van der Waals surface area contributed by atoms with E-state index in [1.807, 2.05) is 24.3 Å². The van der Waals surface area contributed by atoms with E-state index in [9.17, 15) is 0 Å². The highest BCUT2D eigenvalue weighted by Crippen LogP contribution is 2.28. The van der Waals surface area contributed by atoms with Crippen LogP contribution in [0.3, 0.4) is 0 Å². The Morgan fingerprint density at radius 3 is 2.58 bits per heavy atom. The molecule has 1 aliphatic rings. The van der Waals surface area contributed by atoms with Gasteiger partial charge in [0, 0.05) is 17.9 Å². The Morgan fingerprint density at radius 2 is 1.89 bits per heavy atom. The summed E-state index contributed by atoms with van der Waals surface area (Å²) in [5.74, 6) is 1.69. The molecule has 1 saturated heterocycles. The van der Waals surface area contributed by atoms with Gasteiger partial charge in [0.15, 0.2) is 5.82 Å². The SMILES string of the molecule is Cc1nc2ccccc2nc1N1CCC(Br)C(C)C1. The van der Waals surface area contributed by atoms with Gasteiger partial charge in [0.05, 0.1) is 16.7 Å². The number of aromatic nitrogens is 2. The largest absolute Gasteiger partial charge is 0.355 e. The lowest BCUT2D eigenvalue weighted by Crippen LogP contribution is -2.40. The summed E-state index contributed by atoms with van der Waals surface area (Å²) in [6.45, 7) is 6.44. The van der Waals surface area contributed by atoms with Gasteiger partial charge >= 0.3 is 0 Å². The number of aryl methyl sites for hydroxylation is 1. The van der Waals surface area contributed by atoms with Gasteiger partial charge in [-0.05, 0) is 31.4 Å². The van der Waals surface area contributed by atoms with E-state index in [0.717, 1.165) is 42.1 Å². The van der Waals surface area contributed by atoms with E-state index in [0.29, 0.717) is 10.7 Å². The van der Waals surface area contributed by atoms with Gasteiger partial charge in [-0.3, -0.25) is 0 Å². The molecule has 1 aromatic carbocycles. The predicted molar refractivity (Wildman–Crippen MR) is 83.0 cm³/mol. The minimum Gasteiger partial charge on any atom is -0.355 e. The van der Waals surface area contributed by atoms with Gasteiger partial charge in [-0.25, -0.2) is 9.97 Å². The summed E-state index contributed by atoms with van der Waals surface area (Å²) in [4.78, 5) is 12.5. The molecule has 0 bridgehead atoms. The first-order chi connectivity index (χ1) is 9.15. The Kier molecular flexibility index (Phi) is 3.44. The molecule has 0 N–H and O–H groups in total. The van der Waals surface area contributed by atoms with E-state index in [4.69, 9.17) is 4.98 Å². The van der Waals surface area contributed by atoms with Crippen molar-refractivity contribution in [2.45, 2.75) is 25.1 Å². The van der Waals surface area contributed by atoms with Crippen molar-refractivity contribution in [1.82, 2.24) is 9.97 Å². The fourth-order valence-corrected chi connectivity index (χ4v) is 3.06. The summed E-state index contributed by atoms with van der Waals surface area (Å²) in [6, 6.07) is 8.08. The zero-order chi connectivity index (χ0) is 13.4. The molecule has 3 rings (SSSR count). The summed E-state index contributed by atoms with van der Waals surface area (Å²) in [6.07, 6.45) is 1.16. The minimum absolute atomic E-state index is 0.623. The van der Waals surface area contributed by atoms with E-state index in [1.165, 1.54) is 0 Å². The van der Waals surface area contributed by atoms with Crippen LogP contribution in [0, 0.1) is 12.8 Å². The van der Waals surface area contributed by atoms with Gasteiger partial charge in [0.1, 0.15) is 0 Å². The second-order valence-corrected chi connectivity index (χ2v) is 6.53. The number of para-hydroxylation sites is 2. The number of nitrogens with zero attached hydrogens (tertiary/aromatic N) is 3. The molecule has 19 heavy (non-hydrogen) atoms. The van der Waals surface area contributed by atoms with Crippen molar-refractivity contribution in [1.29, 1.82) is 0 Å². The van der Waals surface area contributed by atoms with Crippen LogP contribution in [-0.4, -0.2) is 27.9 Å². The summed E-state index contributed by atoms with van der Waals surface area (Å²) in [5, 5.41) is 0. The standard InChI is InChI=1S/C15H18BrN3/c1-10-9-19(8-7-12(10)16)15-11(2)17-13-5-3-4-6-14(13)18-15/h3-6,10,12H,7-9H2,1-2H3. The Hall–Kier alpha value is -1.16. The molecule has 0 spiro atoms. The zero-order valence-corrected chi connectivity index (χ0v) is 12.9. The summed E-state index contributed by atoms with van der Waals surface area (Å²) in [5.41, 5.74) is 2.99. The molecule has 100 valence electrons. The van der Waals surface area contributed by atoms with E-state index in [-0.39, 0.29) is 0 Å². The minimum atomic E-state index is 0.623. The molecule has 1 aliphatic heterocycles. The fraction of sp³-hybridized carbons (Fsp3) is 0.467. The molecule has 3 nitrogen and oxygen atoms in total. The topological polar surface area (TPSA) is 29.0 Å². The third-order valence-electron chi connectivity index (χ3n) is 3.82. The molecular weight excluding hydrogens is 302 g/mol. The molecule has 2 aromatic rings. The first kappa shape index (κ1) is 12.9. The number of halogens is 1. The number of anilines is 1. The van der Waals surface area contributed by atoms with Crippen molar-refractivity contribution in [3.8, 4) is 0 Å². The lowest BCUT2D eigenvalue weighted by Gasteiger charge is -2.35. The molecule has 1 fully saturated rings. The third kappa shape index (κ3) is 2.46. The van der Waals surface area contributed by atoms with E-state index in [2.05, 4.69) is 39.7 Å². The number of rotatable bonds is 1. The van der Waals surface area contributed by atoms with Crippen LogP contribution >= 0.6 is 15.9 Å². The van der Waals surface area contributed by atoms with Crippen molar-refractivity contribution in [2.75, 3.05) is 18.0 Å². The Labute approximate surface area is 122 Å². The number of hydrogen-bond acceptors (Lipinski definition) is 3. The molecule has 2 unspecified atom stereocenters. The number of alkyl halides is 1. The molecule has 2 atom stereocenters. The van der Waals surface area contributed by atoms with Gasteiger partial charge in [-0.1, -0.05) is 35.0 Å². The first-order valence-electron chi connectivity index (χ1n) is 6.77. The quantitative estimate of drug-likeness (QED) is 0.753. The molecule has 4 heteroatoms. The van der Waals surface area contributed by atoms with Gasteiger partial charge < -0.3 is 4.90 Å². The molecule has 2 heterocycles. The number of benzene rings is 1. The van der Waals surface area contributed by atoms with Crippen molar-refractivity contribution in [3.63, 3.8) is 0 Å². The smallest absolute Gasteiger partial charge is 0.150 e. The second kappa shape index (κ2) is 5.08. The maximum Gasteiger partial charge on any atom is 0.150 e. The summed E-state index contributed by atoms with van der Waals surface area (Å²) in [7, 11) is 0. The van der Waals surface area contributed by atoms with E-state index < -0.39 is 0 Å². The van der Waals surface area contributed by atoms with Crippen molar-refractivity contribution >= 4 is 32.8 Å². The predicted octanol–water partition coefficient (Wildman–Crippen LogP) is 3.55. The number of hydrogen-bond donors (Lipinski definition) is 0. The molecule has 0 saturated carbocycles. The van der Waals surface area contributed by atoms with Crippen LogP contribution in [0.15, 0.2) is 24.3 Å². The molecular formula is C15H18BrN3. The van der Waals surface area contributed by atoms with Crippen LogP contribution < -0.4 is 4.90 Å². The summed E-state index contributed by atoms with van der Waals surface area (Å²) >= 11 is 3.75. The monoisotopic (exact) mass is 319 g/mol. The summed E-state index contributed by atoms with van der Waals surface area (Å²) < 4.78 is 0. The molecule has 0 radical (unpaired) electrons. The molecule has 1 aromatic heterocycles. The second-order valence-electron chi connectivity index (χ2n) is 5.35. The van der Waals surface area contributed by atoms with Crippen LogP contribution in [0.4, 0.5) is 5.82 Å². The molecule has 0 amide bonds. The zero-order valence-electron chi connectivity index (χ0n) is 11.3. The third-order valence-corrected chi connectivity index (χ3v) is 5.18. The van der Waals surface area contributed by atoms with Gasteiger partial charge in [0.25, 0.3) is 0 Å². The van der Waals surface area contributed by atoms with Crippen molar-refractivity contribution in [2.24, 2.45) is 5.92 Å². The normalized spacial score (nSPS) is 23.8. The Bertz CT molecular complexity index is 599. The highest BCUT2D eigenvalue weighted by Gasteiger charge is 2.26. The Morgan fingerprint density at radius 1 is 1.21 bits per heavy atom. The van der Waals surface area contributed by atoms with Crippen LogP contribution in [0.25, 0.3) is 11.0 Å². The van der Waals surface area contributed by atoms with Crippen LogP contribution in [-0.2, 0) is 0 Å². The van der Waals surface area contributed by atoms with Crippen molar-refractivity contribution < 1.29 is 0 Å². The average Bonchev–Trinajstić information content (AvgIpc) is 2.41. The highest BCUT2D eigenvalue weighted by atomic mass is 79.9. The van der Waals surface area contributed by atoms with Crippen LogP contribution in [0.5, 0.6) is 0 Å². The lowest BCUT2D eigenvalue weighted by molar-refractivity contribution is 0.463. The Balaban J connectivity index is 1.98. The maximum atomic E-state index is 4.81. The highest BCUT2D eigenvalue weighted by molar-refractivity contribution is 9.09. The van der Waals surface area contributed by atoms with Crippen LogP contribution in [0.2, 0.25) is 0 Å². The van der Waals surface area contributed by atoms with Gasteiger partial charge in [0.2, 0.25) is 0 Å².